The van der Waals surface area contributed by atoms with Gasteiger partial charge in [0, 0.05) is 36.2 Å². The van der Waals surface area contributed by atoms with Gasteiger partial charge in [-0.25, -0.2) is 0 Å². The predicted octanol–water partition coefficient (Wildman–Crippen LogP) is 6.66. The maximum atomic E-state index is 6.49. The number of hydrogen-bond acceptors (Lipinski definition) is 5. The molecule has 6 nitrogen and oxygen atoms in total. The number of hydrogen-bond donors (Lipinski definition) is 1. The first-order valence-electron chi connectivity index (χ1n) is 12.1. The van der Waals surface area contributed by atoms with Crippen molar-refractivity contribution in [2.24, 2.45) is 0 Å². The number of nitrogens with zero attached hydrogens (tertiary/aromatic N) is 3. The number of aromatic nitrogens is 1. The Hall–Kier alpha value is -3.10. The van der Waals surface area contributed by atoms with Gasteiger partial charge in [-0.1, -0.05) is 35.3 Å². The van der Waals surface area contributed by atoms with E-state index in [1.54, 1.807) is 12.3 Å². The summed E-state index contributed by atoms with van der Waals surface area (Å²) in [5, 5.41) is 5.03. The topological polar surface area (TPSA) is 53.8 Å². The van der Waals surface area contributed by atoms with Crippen molar-refractivity contribution in [3.8, 4) is 11.3 Å². The first-order chi connectivity index (χ1) is 18.1. The second kappa shape index (κ2) is 10.3. The molecule has 2 saturated heterocycles. The summed E-state index contributed by atoms with van der Waals surface area (Å²) in [6.07, 6.45) is 1.79. The number of rotatable bonds is 5. The smallest absolute Gasteiger partial charge is 0.174 e. The zero-order valence-corrected chi connectivity index (χ0v) is 22.1. The Bertz CT molecular complexity index is 1410. The van der Waals surface area contributed by atoms with Crippen LogP contribution in [0.5, 0.6) is 0 Å². The fraction of sp³-hybridized carbons (Fsp3) is 0.214. The highest BCUT2D eigenvalue weighted by Gasteiger charge is 2.42. The van der Waals surface area contributed by atoms with Crippen LogP contribution in [0.3, 0.4) is 0 Å². The molecule has 2 aliphatic heterocycles. The summed E-state index contributed by atoms with van der Waals surface area (Å²) in [6, 6.07) is 23.3. The second-order valence-electron chi connectivity index (χ2n) is 8.92. The SMILES string of the molecule is S=C1N[C@@H](c2ccccn2)[C@@H](c2ccc(-c3cccc(Cl)c3Cl)o2)N1c1ccc(N2CCOCC2)cc1. The molecule has 37 heavy (non-hydrogen) atoms. The van der Waals surface area contributed by atoms with Crippen molar-refractivity contribution in [2.45, 2.75) is 12.1 Å². The minimum atomic E-state index is -0.261. The maximum Gasteiger partial charge on any atom is 0.174 e. The van der Waals surface area contributed by atoms with E-state index in [9.17, 15) is 0 Å². The third kappa shape index (κ3) is 4.68. The number of thiocarbonyl (C=S) groups is 1. The number of benzene rings is 2. The van der Waals surface area contributed by atoms with Gasteiger partial charge in [0.1, 0.15) is 17.6 Å². The summed E-state index contributed by atoms with van der Waals surface area (Å²) >= 11 is 18.6. The maximum absolute atomic E-state index is 6.49. The standard InChI is InChI=1S/C28H24Cl2N4O2S/c29-21-5-3-4-20(25(21)30)23-11-12-24(36-23)27-26(22-6-1-2-13-31-22)32-28(37)34(27)19-9-7-18(8-10-19)33-14-16-35-17-15-33/h1-13,26-27H,14-17H2,(H,32,37)/t26-,27+/m0/s1. The van der Waals surface area contributed by atoms with Crippen LogP contribution in [0, 0.1) is 0 Å². The van der Waals surface area contributed by atoms with Crippen molar-refractivity contribution in [2.75, 3.05) is 36.1 Å². The van der Waals surface area contributed by atoms with Crippen LogP contribution < -0.4 is 15.1 Å². The molecular weight excluding hydrogens is 527 g/mol. The lowest BCUT2D eigenvalue weighted by molar-refractivity contribution is 0.122. The molecule has 1 N–H and O–H groups in total. The molecule has 2 aromatic carbocycles. The molecule has 188 valence electrons. The Balaban J connectivity index is 1.38. The average Bonchev–Trinajstić information content (AvgIpc) is 3.56. The lowest BCUT2D eigenvalue weighted by Crippen LogP contribution is -2.36. The molecule has 4 heterocycles. The molecule has 0 spiro atoms. The Morgan fingerprint density at radius 3 is 2.43 bits per heavy atom. The molecule has 0 saturated carbocycles. The molecule has 0 unspecified atom stereocenters. The highest BCUT2D eigenvalue weighted by atomic mass is 35.5. The third-order valence-electron chi connectivity index (χ3n) is 6.74. The average molecular weight is 551 g/mol. The number of pyridine rings is 1. The van der Waals surface area contributed by atoms with E-state index in [2.05, 4.69) is 44.4 Å². The van der Waals surface area contributed by atoms with Gasteiger partial charge in [0.15, 0.2) is 5.11 Å². The summed E-state index contributed by atoms with van der Waals surface area (Å²) in [4.78, 5) is 9.04. The minimum absolute atomic E-state index is 0.207. The van der Waals surface area contributed by atoms with Gasteiger partial charge in [-0.2, -0.15) is 0 Å². The van der Waals surface area contributed by atoms with Crippen molar-refractivity contribution in [3.05, 3.63) is 100 Å². The molecule has 0 aliphatic carbocycles. The summed E-state index contributed by atoms with van der Waals surface area (Å²) in [5.41, 5.74) is 3.75. The molecule has 6 rings (SSSR count). The fourth-order valence-corrected chi connectivity index (χ4v) is 5.66. The Kier molecular flexibility index (Phi) is 6.78. The number of furan rings is 1. The predicted molar refractivity (Wildman–Crippen MR) is 152 cm³/mol. The lowest BCUT2D eigenvalue weighted by Gasteiger charge is -2.30. The quantitative estimate of drug-likeness (QED) is 0.279. The van der Waals surface area contributed by atoms with Crippen LogP contribution >= 0.6 is 35.4 Å². The zero-order valence-electron chi connectivity index (χ0n) is 19.8. The summed E-state index contributed by atoms with van der Waals surface area (Å²) < 4.78 is 11.9. The van der Waals surface area contributed by atoms with Crippen LogP contribution in [-0.2, 0) is 4.74 Å². The number of ether oxygens (including phenoxy) is 1. The first-order valence-corrected chi connectivity index (χ1v) is 13.2. The first kappa shape index (κ1) is 24.2. The monoisotopic (exact) mass is 550 g/mol. The van der Waals surface area contributed by atoms with E-state index in [0.29, 0.717) is 20.9 Å². The van der Waals surface area contributed by atoms with Crippen molar-refractivity contribution < 1.29 is 9.15 Å². The normalized spacial score (nSPS) is 19.8. The van der Waals surface area contributed by atoms with Crippen LogP contribution in [0.1, 0.15) is 23.5 Å². The fourth-order valence-electron chi connectivity index (χ4n) is 4.92. The van der Waals surface area contributed by atoms with Crippen LogP contribution in [0.2, 0.25) is 10.0 Å². The minimum Gasteiger partial charge on any atom is -0.459 e. The highest BCUT2D eigenvalue weighted by molar-refractivity contribution is 7.80. The molecule has 0 amide bonds. The molecule has 9 heteroatoms. The Morgan fingerprint density at radius 2 is 1.68 bits per heavy atom. The zero-order chi connectivity index (χ0) is 25.4. The molecular formula is C28H24Cl2N4O2S. The van der Waals surface area contributed by atoms with E-state index in [0.717, 1.165) is 49.0 Å². The van der Waals surface area contributed by atoms with Crippen molar-refractivity contribution in [1.82, 2.24) is 10.3 Å². The number of morpholine rings is 1. The molecule has 2 aromatic heterocycles. The van der Waals surface area contributed by atoms with Crippen LogP contribution in [0.15, 0.2) is 83.4 Å². The van der Waals surface area contributed by atoms with Crippen LogP contribution in [-0.4, -0.2) is 36.4 Å². The number of nitrogens with one attached hydrogen (secondary N) is 1. The molecule has 0 radical (unpaired) electrons. The van der Waals surface area contributed by atoms with Gasteiger partial charge < -0.3 is 24.3 Å². The van der Waals surface area contributed by atoms with Gasteiger partial charge in [0.25, 0.3) is 0 Å². The lowest BCUT2D eigenvalue weighted by atomic mass is 10.0. The van der Waals surface area contributed by atoms with Crippen molar-refractivity contribution in [1.29, 1.82) is 0 Å². The number of anilines is 2. The third-order valence-corrected chi connectivity index (χ3v) is 7.87. The van der Waals surface area contributed by atoms with Crippen molar-refractivity contribution >= 4 is 51.9 Å². The van der Waals surface area contributed by atoms with Gasteiger partial charge in [0.05, 0.1) is 35.0 Å². The summed E-state index contributed by atoms with van der Waals surface area (Å²) in [6.45, 7) is 3.25. The van der Waals surface area contributed by atoms with E-state index < -0.39 is 0 Å². The van der Waals surface area contributed by atoms with Gasteiger partial charge in [-0.05, 0) is 72.9 Å². The molecule has 2 aliphatic rings. The highest BCUT2D eigenvalue weighted by Crippen LogP contribution is 2.44. The summed E-state index contributed by atoms with van der Waals surface area (Å²) in [5.74, 6) is 1.38. The van der Waals surface area contributed by atoms with Crippen molar-refractivity contribution in [3.63, 3.8) is 0 Å². The Labute approximate surface area is 230 Å². The van der Waals surface area contributed by atoms with Crippen LogP contribution in [0.4, 0.5) is 11.4 Å². The van der Waals surface area contributed by atoms with E-state index >= 15 is 0 Å². The van der Waals surface area contributed by atoms with E-state index in [-0.39, 0.29) is 12.1 Å². The molecule has 0 bridgehead atoms. The van der Waals surface area contributed by atoms with Gasteiger partial charge >= 0.3 is 0 Å². The second-order valence-corrected chi connectivity index (χ2v) is 10.1. The Morgan fingerprint density at radius 1 is 0.892 bits per heavy atom. The summed E-state index contributed by atoms with van der Waals surface area (Å²) in [7, 11) is 0. The van der Waals surface area contributed by atoms with Gasteiger partial charge in [-0.3, -0.25) is 4.98 Å². The largest absolute Gasteiger partial charge is 0.459 e. The van der Waals surface area contributed by atoms with Gasteiger partial charge in [0.2, 0.25) is 0 Å². The van der Waals surface area contributed by atoms with E-state index in [4.69, 9.17) is 44.6 Å². The molecule has 2 fully saturated rings. The van der Waals surface area contributed by atoms with Crippen LogP contribution in [0.25, 0.3) is 11.3 Å². The molecule has 4 aromatic rings. The van der Waals surface area contributed by atoms with E-state index in [1.165, 1.54) is 5.69 Å². The van der Waals surface area contributed by atoms with E-state index in [1.807, 2.05) is 42.5 Å². The number of halogens is 2. The molecule has 2 atom stereocenters. The van der Waals surface area contributed by atoms with Gasteiger partial charge in [-0.15, -0.1) is 0 Å².